The molecule has 0 saturated carbocycles. The molecule has 1 aromatic heterocycles. The maximum Gasteiger partial charge on any atom is 0.242 e. The second-order valence-electron chi connectivity index (χ2n) is 4.06. The Balaban J connectivity index is 2.58. The Morgan fingerprint density at radius 3 is 2.94 bits per heavy atom. The molecule has 0 unspecified atom stereocenters. The number of amides is 1. The van der Waals surface area contributed by atoms with Gasteiger partial charge >= 0.3 is 0 Å². The fourth-order valence-corrected chi connectivity index (χ4v) is 1.60. The Morgan fingerprint density at radius 1 is 1.65 bits per heavy atom. The van der Waals surface area contributed by atoms with E-state index in [1.165, 1.54) is 0 Å². The first-order valence-electron chi connectivity index (χ1n) is 5.73. The quantitative estimate of drug-likeness (QED) is 0.878. The van der Waals surface area contributed by atoms with E-state index >= 15 is 0 Å². The Bertz CT molecular complexity index is 395. The van der Waals surface area contributed by atoms with Crippen molar-refractivity contribution in [3.8, 4) is 0 Å². The van der Waals surface area contributed by atoms with Gasteiger partial charge in [0.25, 0.3) is 0 Å². The average molecular weight is 300 g/mol. The van der Waals surface area contributed by atoms with Crippen LogP contribution >= 0.6 is 15.9 Å². The Morgan fingerprint density at radius 2 is 2.35 bits per heavy atom. The number of aryl methyl sites for hydroxylation is 1. The van der Waals surface area contributed by atoms with E-state index in [4.69, 9.17) is 5.73 Å². The van der Waals surface area contributed by atoms with E-state index in [0.717, 1.165) is 22.9 Å². The summed E-state index contributed by atoms with van der Waals surface area (Å²) in [5.41, 5.74) is 6.80. The highest BCUT2D eigenvalue weighted by Gasteiger charge is 2.13. The average Bonchev–Trinajstić information content (AvgIpc) is 2.30. The maximum absolute atomic E-state index is 11.7. The summed E-state index contributed by atoms with van der Waals surface area (Å²) in [7, 11) is 0. The van der Waals surface area contributed by atoms with Gasteiger partial charge in [-0.25, -0.2) is 4.98 Å². The van der Waals surface area contributed by atoms with Crippen LogP contribution in [0.15, 0.2) is 16.7 Å². The second-order valence-corrected chi connectivity index (χ2v) is 4.91. The number of hydrogen-bond donors (Lipinski definition) is 2. The highest BCUT2D eigenvalue weighted by atomic mass is 79.9. The van der Waals surface area contributed by atoms with Gasteiger partial charge in [-0.1, -0.05) is 19.8 Å². The van der Waals surface area contributed by atoms with Gasteiger partial charge in [-0.2, -0.15) is 0 Å². The van der Waals surface area contributed by atoms with Crippen LogP contribution in [0.5, 0.6) is 0 Å². The number of carbonyl (C=O) groups is 1. The molecule has 0 fully saturated rings. The third-order valence-electron chi connectivity index (χ3n) is 2.50. The van der Waals surface area contributed by atoms with Gasteiger partial charge in [0.15, 0.2) is 0 Å². The van der Waals surface area contributed by atoms with Gasteiger partial charge in [-0.05, 0) is 40.9 Å². The minimum absolute atomic E-state index is 0.173. The number of nitrogens with zero attached hydrogens (tertiary/aromatic N) is 1. The fraction of sp³-hybridized carbons (Fsp3) is 0.500. The van der Waals surface area contributed by atoms with Crippen molar-refractivity contribution in [3.05, 3.63) is 22.3 Å². The highest BCUT2D eigenvalue weighted by molar-refractivity contribution is 9.10. The molecule has 0 aliphatic carbocycles. The predicted molar refractivity (Wildman–Crippen MR) is 72.8 cm³/mol. The van der Waals surface area contributed by atoms with E-state index in [2.05, 4.69) is 33.2 Å². The summed E-state index contributed by atoms with van der Waals surface area (Å²) in [6.07, 6.45) is 4.37. The van der Waals surface area contributed by atoms with Crippen LogP contribution in [0.2, 0.25) is 0 Å². The van der Waals surface area contributed by atoms with Crippen molar-refractivity contribution in [2.45, 2.75) is 39.2 Å². The maximum atomic E-state index is 11.7. The van der Waals surface area contributed by atoms with E-state index in [1.54, 1.807) is 6.20 Å². The molecular formula is C12H18BrN3O. The molecule has 1 heterocycles. The predicted octanol–water partition coefficient (Wildman–Crippen LogP) is 2.61. The largest absolute Gasteiger partial charge is 0.320 e. The summed E-state index contributed by atoms with van der Waals surface area (Å²) in [5.74, 6) is 0.371. The van der Waals surface area contributed by atoms with E-state index in [1.807, 2.05) is 13.0 Å². The molecule has 0 spiro atoms. The molecule has 1 aromatic rings. The van der Waals surface area contributed by atoms with Gasteiger partial charge in [-0.15, -0.1) is 0 Å². The van der Waals surface area contributed by atoms with Crippen LogP contribution in [0, 0.1) is 6.92 Å². The molecule has 0 radical (unpaired) electrons. The van der Waals surface area contributed by atoms with Crippen molar-refractivity contribution in [1.29, 1.82) is 0 Å². The molecule has 0 aromatic carbocycles. The zero-order valence-electron chi connectivity index (χ0n) is 10.2. The van der Waals surface area contributed by atoms with Crippen LogP contribution in [-0.2, 0) is 4.79 Å². The number of aromatic nitrogens is 1. The number of nitrogens with two attached hydrogens (primary N) is 1. The summed E-state index contributed by atoms with van der Waals surface area (Å²) in [4.78, 5) is 15.8. The first-order chi connectivity index (χ1) is 8.04. The topological polar surface area (TPSA) is 68.0 Å². The van der Waals surface area contributed by atoms with Crippen molar-refractivity contribution in [3.63, 3.8) is 0 Å². The van der Waals surface area contributed by atoms with Crippen LogP contribution in [0.4, 0.5) is 5.82 Å². The summed E-state index contributed by atoms with van der Waals surface area (Å²) < 4.78 is 0.922. The molecule has 94 valence electrons. The summed E-state index contributed by atoms with van der Waals surface area (Å²) in [5, 5.41) is 2.72. The van der Waals surface area contributed by atoms with E-state index < -0.39 is 6.04 Å². The lowest BCUT2D eigenvalue weighted by Crippen LogP contribution is -2.35. The minimum atomic E-state index is -0.458. The molecule has 0 saturated heterocycles. The van der Waals surface area contributed by atoms with Gasteiger partial charge in [-0.3, -0.25) is 4.79 Å². The summed E-state index contributed by atoms with van der Waals surface area (Å²) in [6.45, 7) is 4.02. The second kappa shape index (κ2) is 6.71. The molecule has 1 atom stereocenters. The van der Waals surface area contributed by atoms with Gasteiger partial charge < -0.3 is 11.1 Å². The lowest BCUT2D eigenvalue weighted by Gasteiger charge is -2.11. The van der Waals surface area contributed by atoms with Crippen molar-refractivity contribution in [1.82, 2.24) is 4.98 Å². The van der Waals surface area contributed by atoms with Crippen LogP contribution in [0.1, 0.15) is 31.7 Å². The molecule has 0 aliphatic heterocycles. The Kier molecular flexibility index (Phi) is 5.58. The molecule has 0 bridgehead atoms. The van der Waals surface area contributed by atoms with Crippen molar-refractivity contribution in [2.75, 3.05) is 5.32 Å². The van der Waals surface area contributed by atoms with E-state index in [-0.39, 0.29) is 5.91 Å². The van der Waals surface area contributed by atoms with Crippen molar-refractivity contribution < 1.29 is 4.79 Å². The molecule has 17 heavy (non-hydrogen) atoms. The van der Waals surface area contributed by atoms with E-state index in [9.17, 15) is 4.79 Å². The van der Waals surface area contributed by atoms with Crippen LogP contribution in [0.25, 0.3) is 0 Å². The van der Waals surface area contributed by atoms with Gasteiger partial charge in [0.2, 0.25) is 5.91 Å². The standard InChI is InChI=1S/C12H18BrN3O/c1-3-4-5-10(14)12(17)16-11-6-8(2)9(13)7-15-11/h6-7,10H,3-5,14H2,1-2H3,(H,15,16,17)/t10-/m0/s1. The van der Waals surface area contributed by atoms with E-state index in [0.29, 0.717) is 12.2 Å². The number of hydrogen-bond acceptors (Lipinski definition) is 3. The smallest absolute Gasteiger partial charge is 0.242 e. The Hall–Kier alpha value is -0.940. The number of unbranched alkanes of at least 4 members (excludes halogenated alkanes) is 1. The fourth-order valence-electron chi connectivity index (χ4n) is 1.38. The number of pyridine rings is 1. The first-order valence-corrected chi connectivity index (χ1v) is 6.52. The summed E-state index contributed by atoms with van der Waals surface area (Å²) in [6, 6.07) is 1.36. The molecule has 3 N–H and O–H groups in total. The van der Waals surface area contributed by atoms with Crippen LogP contribution < -0.4 is 11.1 Å². The zero-order valence-corrected chi connectivity index (χ0v) is 11.8. The number of halogens is 1. The molecule has 1 amide bonds. The molecule has 4 nitrogen and oxygen atoms in total. The van der Waals surface area contributed by atoms with Gasteiger partial charge in [0.05, 0.1) is 6.04 Å². The van der Waals surface area contributed by atoms with Crippen LogP contribution in [0.3, 0.4) is 0 Å². The lowest BCUT2D eigenvalue weighted by molar-refractivity contribution is -0.117. The summed E-state index contributed by atoms with van der Waals surface area (Å²) >= 11 is 3.36. The monoisotopic (exact) mass is 299 g/mol. The minimum Gasteiger partial charge on any atom is -0.320 e. The van der Waals surface area contributed by atoms with Crippen molar-refractivity contribution >= 4 is 27.7 Å². The van der Waals surface area contributed by atoms with Crippen LogP contribution in [-0.4, -0.2) is 16.9 Å². The Labute approximate surface area is 110 Å². The normalized spacial score (nSPS) is 12.2. The zero-order chi connectivity index (χ0) is 12.8. The number of rotatable bonds is 5. The number of nitrogens with one attached hydrogen (secondary N) is 1. The molecule has 1 rings (SSSR count). The number of anilines is 1. The molecular weight excluding hydrogens is 282 g/mol. The highest BCUT2D eigenvalue weighted by Crippen LogP contribution is 2.17. The lowest BCUT2D eigenvalue weighted by atomic mass is 10.1. The SMILES string of the molecule is CCCC[C@H](N)C(=O)Nc1cc(C)c(Br)cn1. The molecule has 0 aliphatic rings. The van der Waals surface area contributed by atoms with Crippen molar-refractivity contribution in [2.24, 2.45) is 5.73 Å². The van der Waals surface area contributed by atoms with Gasteiger partial charge in [0, 0.05) is 10.7 Å². The third-order valence-corrected chi connectivity index (χ3v) is 3.33. The molecule has 5 heteroatoms. The number of carbonyl (C=O) groups excluding carboxylic acids is 1. The third kappa shape index (κ3) is 4.44. The van der Waals surface area contributed by atoms with Gasteiger partial charge in [0.1, 0.15) is 5.82 Å². The first kappa shape index (κ1) is 14.1.